The standard InChI is InChI=1S/C8H8BrN3O/c1-4-6(9)5(2)12-3-10-11-8(13)7(4)12/h3H,1-2H3,(H,11,13). The summed E-state index contributed by atoms with van der Waals surface area (Å²) in [6.45, 7) is 3.84. The monoisotopic (exact) mass is 241 g/mol. The first-order valence-electron chi connectivity index (χ1n) is 3.83. The number of nitrogens with zero attached hydrogens (tertiary/aromatic N) is 2. The minimum absolute atomic E-state index is 0.159. The van der Waals surface area contributed by atoms with E-state index in [1.165, 1.54) is 0 Å². The Balaban J connectivity index is 3.12. The maximum Gasteiger partial charge on any atom is 0.288 e. The van der Waals surface area contributed by atoms with E-state index in [2.05, 4.69) is 26.1 Å². The molecule has 0 saturated heterocycles. The molecule has 0 bridgehead atoms. The van der Waals surface area contributed by atoms with Crippen LogP contribution in [0.1, 0.15) is 11.3 Å². The minimum atomic E-state index is -0.159. The average molecular weight is 242 g/mol. The van der Waals surface area contributed by atoms with E-state index < -0.39 is 0 Å². The van der Waals surface area contributed by atoms with Crippen molar-refractivity contribution in [3.63, 3.8) is 0 Å². The van der Waals surface area contributed by atoms with Gasteiger partial charge in [0.05, 0.1) is 0 Å². The highest BCUT2D eigenvalue weighted by molar-refractivity contribution is 9.10. The smallest absolute Gasteiger partial charge is 0.288 e. The van der Waals surface area contributed by atoms with Crippen molar-refractivity contribution < 1.29 is 0 Å². The molecule has 0 unspecified atom stereocenters. The van der Waals surface area contributed by atoms with Crippen molar-refractivity contribution in [1.82, 2.24) is 14.6 Å². The van der Waals surface area contributed by atoms with Crippen molar-refractivity contribution in [3.8, 4) is 0 Å². The van der Waals surface area contributed by atoms with Gasteiger partial charge in [-0.15, -0.1) is 0 Å². The lowest BCUT2D eigenvalue weighted by Crippen LogP contribution is -2.11. The molecule has 2 aromatic rings. The quantitative estimate of drug-likeness (QED) is 0.759. The third-order valence-electron chi connectivity index (χ3n) is 2.16. The number of aryl methyl sites for hydroxylation is 2. The largest absolute Gasteiger partial charge is 0.297 e. The van der Waals surface area contributed by atoms with E-state index in [9.17, 15) is 4.79 Å². The van der Waals surface area contributed by atoms with Gasteiger partial charge in [0.25, 0.3) is 5.56 Å². The second kappa shape index (κ2) is 2.70. The minimum Gasteiger partial charge on any atom is -0.297 e. The number of fused-ring (bicyclic) bond motifs is 1. The van der Waals surface area contributed by atoms with E-state index in [0.29, 0.717) is 5.52 Å². The van der Waals surface area contributed by atoms with E-state index >= 15 is 0 Å². The fourth-order valence-corrected chi connectivity index (χ4v) is 1.83. The number of hydrogen-bond donors (Lipinski definition) is 1. The topological polar surface area (TPSA) is 50.2 Å². The van der Waals surface area contributed by atoms with Crippen molar-refractivity contribution in [1.29, 1.82) is 0 Å². The van der Waals surface area contributed by atoms with Crippen molar-refractivity contribution in [3.05, 3.63) is 32.4 Å². The van der Waals surface area contributed by atoms with Gasteiger partial charge in [-0.05, 0) is 35.3 Å². The van der Waals surface area contributed by atoms with Gasteiger partial charge in [-0.2, -0.15) is 5.10 Å². The van der Waals surface area contributed by atoms with Crippen molar-refractivity contribution in [2.75, 3.05) is 0 Å². The van der Waals surface area contributed by atoms with Gasteiger partial charge in [0, 0.05) is 10.2 Å². The van der Waals surface area contributed by atoms with Crippen LogP contribution in [0, 0.1) is 13.8 Å². The molecule has 5 heteroatoms. The summed E-state index contributed by atoms with van der Waals surface area (Å²) >= 11 is 3.43. The lowest BCUT2D eigenvalue weighted by Gasteiger charge is -1.93. The molecule has 0 aliphatic rings. The third-order valence-corrected chi connectivity index (χ3v) is 3.33. The first kappa shape index (κ1) is 8.50. The Kier molecular flexibility index (Phi) is 1.76. The lowest BCUT2D eigenvalue weighted by molar-refractivity contribution is 0.902. The van der Waals surface area contributed by atoms with Gasteiger partial charge in [-0.25, -0.2) is 5.10 Å². The fourth-order valence-electron chi connectivity index (χ4n) is 1.45. The van der Waals surface area contributed by atoms with Crippen LogP contribution in [0.4, 0.5) is 0 Å². The number of nitrogens with one attached hydrogen (secondary N) is 1. The highest BCUT2D eigenvalue weighted by Crippen LogP contribution is 2.24. The Hall–Kier alpha value is -1.10. The van der Waals surface area contributed by atoms with Crippen LogP contribution in [0.25, 0.3) is 5.52 Å². The number of halogens is 1. The van der Waals surface area contributed by atoms with Gasteiger partial charge in [-0.3, -0.25) is 9.20 Å². The van der Waals surface area contributed by atoms with Crippen molar-refractivity contribution >= 4 is 21.4 Å². The number of aromatic nitrogens is 3. The Morgan fingerprint density at radius 1 is 1.54 bits per heavy atom. The van der Waals surface area contributed by atoms with Crippen LogP contribution in [-0.2, 0) is 0 Å². The van der Waals surface area contributed by atoms with Crippen LogP contribution in [0.2, 0.25) is 0 Å². The predicted octanol–water partition coefficient (Wildman–Crippen LogP) is 1.40. The second-order valence-corrected chi connectivity index (χ2v) is 3.72. The summed E-state index contributed by atoms with van der Waals surface area (Å²) < 4.78 is 2.74. The van der Waals surface area contributed by atoms with E-state index in [1.54, 1.807) is 10.7 Å². The molecule has 4 nitrogen and oxygen atoms in total. The summed E-state index contributed by atoms with van der Waals surface area (Å²) in [5.41, 5.74) is 2.43. The first-order valence-corrected chi connectivity index (χ1v) is 4.62. The molecule has 0 aliphatic carbocycles. The third kappa shape index (κ3) is 1.03. The summed E-state index contributed by atoms with van der Waals surface area (Å²) in [6.07, 6.45) is 1.60. The van der Waals surface area contributed by atoms with Crippen LogP contribution >= 0.6 is 15.9 Å². The van der Waals surface area contributed by atoms with Crippen LogP contribution in [0.15, 0.2) is 15.6 Å². The average Bonchev–Trinajstić information content (AvgIpc) is 2.33. The summed E-state index contributed by atoms with van der Waals surface area (Å²) in [7, 11) is 0. The molecule has 13 heavy (non-hydrogen) atoms. The molecule has 0 spiro atoms. The van der Waals surface area contributed by atoms with Crippen molar-refractivity contribution in [2.45, 2.75) is 13.8 Å². The number of H-pyrrole nitrogens is 1. The zero-order valence-corrected chi connectivity index (χ0v) is 8.84. The molecule has 0 radical (unpaired) electrons. The highest BCUT2D eigenvalue weighted by Gasteiger charge is 2.11. The first-order chi connectivity index (χ1) is 6.13. The molecule has 68 valence electrons. The number of rotatable bonds is 0. The van der Waals surface area contributed by atoms with Crippen LogP contribution in [0.5, 0.6) is 0 Å². The van der Waals surface area contributed by atoms with E-state index in [1.807, 2.05) is 13.8 Å². The molecule has 0 fully saturated rings. The Labute approximate surface area is 82.7 Å². The zero-order chi connectivity index (χ0) is 9.59. The molecule has 0 atom stereocenters. The van der Waals surface area contributed by atoms with Gasteiger partial charge in [0.15, 0.2) is 0 Å². The molecule has 0 saturated carbocycles. The molecule has 2 rings (SSSR count). The maximum absolute atomic E-state index is 11.4. The molecule has 0 aromatic carbocycles. The summed E-state index contributed by atoms with van der Waals surface area (Å²) in [5, 5.41) is 6.14. The molecule has 2 heterocycles. The normalized spacial score (nSPS) is 11.0. The van der Waals surface area contributed by atoms with E-state index in [4.69, 9.17) is 0 Å². The lowest BCUT2D eigenvalue weighted by atomic mass is 10.3. The second-order valence-electron chi connectivity index (χ2n) is 2.93. The van der Waals surface area contributed by atoms with Gasteiger partial charge in [0.2, 0.25) is 0 Å². The van der Waals surface area contributed by atoms with Gasteiger partial charge < -0.3 is 0 Å². The fraction of sp³-hybridized carbons (Fsp3) is 0.250. The molecular formula is C8H8BrN3O. The van der Waals surface area contributed by atoms with Crippen molar-refractivity contribution in [2.24, 2.45) is 0 Å². The van der Waals surface area contributed by atoms with Gasteiger partial charge in [-0.1, -0.05) is 0 Å². The zero-order valence-electron chi connectivity index (χ0n) is 7.26. The van der Waals surface area contributed by atoms with Gasteiger partial charge in [0.1, 0.15) is 11.8 Å². The Morgan fingerprint density at radius 2 is 2.23 bits per heavy atom. The Morgan fingerprint density at radius 3 is 2.85 bits per heavy atom. The molecule has 0 aliphatic heterocycles. The van der Waals surface area contributed by atoms with E-state index in [-0.39, 0.29) is 5.56 Å². The summed E-state index contributed by atoms with van der Waals surface area (Å²) in [6, 6.07) is 0. The Bertz CT molecular complexity index is 526. The number of aromatic amines is 1. The SMILES string of the molecule is Cc1c(Br)c(C)n2cn[nH]c(=O)c12. The maximum atomic E-state index is 11.4. The van der Waals surface area contributed by atoms with E-state index in [0.717, 1.165) is 15.7 Å². The molecule has 0 amide bonds. The molecule has 2 aromatic heterocycles. The predicted molar refractivity (Wildman–Crippen MR) is 53.0 cm³/mol. The molecular weight excluding hydrogens is 234 g/mol. The van der Waals surface area contributed by atoms with Crippen LogP contribution in [-0.4, -0.2) is 14.6 Å². The highest BCUT2D eigenvalue weighted by atomic mass is 79.9. The summed E-state index contributed by atoms with van der Waals surface area (Å²) in [4.78, 5) is 11.4. The number of hydrogen-bond acceptors (Lipinski definition) is 2. The van der Waals surface area contributed by atoms with Crippen LogP contribution in [0.3, 0.4) is 0 Å². The van der Waals surface area contributed by atoms with Gasteiger partial charge >= 0.3 is 0 Å². The molecule has 1 N–H and O–H groups in total. The summed E-state index contributed by atoms with van der Waals surface area (Å²) in [5.74, 6) is 0. The van der Waals surface area contributed by atoms with Crippen LogP contribution < -0.4 is 5.56 Å².